The van der Waals surface area contributed by atoms with Crippen molar-refractivity contribution in [3.63, 3.8) is 0 Å². The van der Waals surface area contributed by atoms with Crippen molar-refractivity contribution in [3.8, 4) is 0 Å². The van der Waals surface area contributed by atoms with E-state index in [1.807, 2.05) is 19.0 Å². The van der Waals surface area contributed by atoms with Gasteiger partial charge in [0.2, 0.25) is 10.0 Å². The molecule has 1 rings (SSSR count). The van der Waals surface area contributed by atoms with Crippen molar-refractivity contribution in [1.82, 2.24) is 9.21 Å². The van der Waals surface area contributed by atoms with Gasteiger partial charge in [0, 0.05) is 30.7 Å². The van der Waals surface area contributed by atoms with E-state index >= 15 is 0 Å². The monoisotopic (exact) mass is 353 g/mol. The number of halogens is 2. The molecule has 0 aliphatic heterocycles. The molecule has 0 unspecified atom stereocenters. The fourth-order valence-electron chi connectivity index (χ4n) is 1.86. The summed E-state index contributed by atoms with van der Waals surface area (Å²) in [4.78, 5) is 2.05. The van der Waals surface area contributed by atoms with E-state index in [0.29, 0.717) is 17.1 Å². The van der Waals surface area contributed by atoms with Gasteiger partial charge in [-0.3, -0.25) is 0 Å². The van der Waals surface area contributed by atoms with E-state index in [1.54, 1.807) is 0 Å². The highest BCUT2D eigenvalue weighted by atomic mass is 35.5. The van der Waals surface area contributed by atoms with Crippen molar-refractivity contribution in [2.24, 2.45) is 5.73 Å². The molecule has 0 heterocycles. The molecular weight excluding hydrogens is 333 g/mol. The lowest BCUT2D eigenvalue weighted by Crippen LogP contribution is -2.30. The summed E-state index contributed by atoms with van der Waals surface area (Å²) in [5.41, 5.74) is 6.02. The first kappa shape index (κ1) is 18.7. The average Bonchev–Trinajstić information content (AvgIpc) is 2.38. The molecule has 0 aliphatic carbocycles. The van der Waals surface area contributed by atoms with Gasteiger partial charge in [-0.15, -0.1) is 0 Å². The summed E-state index contributed by atoms with van der Waals surface area (Å²) in [6, 6.07) is 2.93. The largest absolute Gasteiger partial charge is 0.326 e. The lowest BCUT2D eigenvalue weighted by molar-refractivity contribution is 0.370. The summed E-state index contributed by atoms with van der Waals surface area (Å²) in [5, 5.41) is 0.473. The second-order valence-corrected chi connectivity index (χ2v) is 7.82. The molecule has 0 aromatic heterocycles. The van der Waals surface area contributed by atoms with Gasteiger partial charge in [0.25, 0.3) is 0 Å². The minimum absolute atomic E-state index is 0.0429. The Bertz CT molecular complexity index is 591. The van der Waals surface area contributed by atoms with Crippen molar-refractivity contribution in [3.05, 3.63) is 27.7 Å². The van der Waals surface area contributed by atoms with Crippen molar-refractivity contribution < 1.29 is 8.42 Å². The van der Waals surface area contributed by atoms with Crippen LogP contribution in [0.4, 0.5) is 0 Å². The van der Waals surface area contributed by atoms with Gasteiger partial charge in [0.05, 0.1) is 5.02 Å². The summed E-state index contributed by atoms with van der Waals surface area (Å²) >= 11 is 12.1. The third-order valence-electron chi connectivity index (χ3n) is 3.12. The lowest BCUT2D eigenvalue weighted by atomic mass is 10.2. The summed E-state index contributed by atoms with van der Waals surface area (Å²) in [5.74, 6) is 0. The average molecular weight is 354 g/mol. The van der Waals surface area contributed by atoms with E-state index in [4.69, 9.17) is 28.9 Å². The molecule has 0 aliphatic rings. The standard InChI is InChI=1S/C13H21Cl2N3O2S/c1-17(2)7-4-8-18(3)21(19,20)12-6-5-11(14)10(9-16)13(12)15/h5-6H,4,7-9,16H2,1-3H3. The quantitative estimate of drug-likeness (QED) is 0.814. The van der Waals surface area contributed by atoms with Crippen molar-refractivity contribution in [1.29, 1.82) is 0 Å². The molecule has 0 bridgehead atoms. The zero-order valence-corrected chi connectivity index (χ0v) is 14.8. The molecule has 1 aromatic carbocycles. The van der Waals surface area contributed by atoms with Crippen LogP contribution < -0.4 is 5.73 Å². The first-order chi connectivity index (χ1) is 9.71. The van der Waals surface area contributed by atoms with Crippen LogP contribution in [0.15, 0.2) is 17.0 Å². The summed E-state index contributed by atoms with van der Waals surface area (Å²) < 4.78 is 26.4. The molecular formula is C13H21Cl2N3O2S. The molecule has 21 heavy (non-hydrogen) atoms. The fraction of sp³-hybridized carbons (Fsp3) is 0.538. The molecule has 0 radical (unpaired) electrons. The Hall–Kier alpha value is -0.370. The number of sulfonamides is 1. The normalized spacial score (nSPS) is 12.4. The third-order valence-corrected chi connectivity index (χ3v) is 5.92. The molecule has 0 saturated heterocycles. The van der Waals surface area contributed by atoms with Crippen molar-refractivity contribution in [2.75, 3.05) is 34.2 Å². The zero-order chi connectivity index (χ0) is 16.2. The van der Waals surface area contributed by atoms with Crippen LogP contribution in [0.3, 0.4) is 0 Å². The molecule has 5 nitrogen and oxygen atoms in total. The molecule has 0 saturated carbocycles. The van der Waals surface area contributed by atoms with E-state index < -0.39 is 10.0 Å². The summed E-state index contributed by atoms with van der Waals surface area (Å²) in [6.07, 6.45) is 0.734. The van der Waals surface area contributed by atoms with Crippen LogP contribution >= 0.6 is 23.2 Å². The lowest BCUT2D eigenvalue weighted by Gasteiger charge is -2.20. The fourth-order valence-corrected chi connectivity index (χ4v) is 3.97. The molecule has 8 heteroatoms. The SMILES string of the molecule is CN(C)CCCN(C)S(=O)(=O)c1ccc(Cl)c(CN)c1Cl. The zero-order valence-electron chi connectivity index (χ0n) is 12.4. The summed E-state index contributed by atoms with van der Waals surface area (Å²) in [6.45, 7) is 1.31. The minimum Gasteiger partial charge on any atom is -0.326 e. The van der Waals surface area contributed by atoms with Crippen molar-refractivity contribution >= 4 is 33.2 Å². The molecule has 120 valence electrons. The van der Waals surface area contributed by atoms with Crippen LogP contribution in [-0.2, 0) is 16.6 Å². The van der Waals surface area contributed by atoms with Crippen LogP contribution in [0.5, 0.6) is 0 Å². The number of benzene rings is 1. The molecule has 1 aromatic rings. The summed E-state index contributed by atoms with van der Waals surface area (Å²) in [7, 11) is 1.78. The smallest absolute Gasteiger partial charge is 0.244 e. The topological polar surface area (TPSA) is 66.6 Å². The molecule has 0 spiro atoms. The van der Waals surface area contributed by atoms with Crippen LogP contribution in [-0.4, -0.2) is 51.9 Å². The maximum absolute atomic E-state index is 12.6. The second-order valence-electron chi connectivity index (χ2n) is 5.03. The van der Waals surface area contributed by atoms with Gasteiger partial charge >= 0.3 is 0 Å². The van der Waals surface area contributed by atoms with E-state index in [2.05, 4.69) is 0 Å². The van der Waals surface area contributed by atoms with Gasteiger partial charge in [0.15, 0.2) is 0 Å². The minimum atomic E-state index is -3.65. The Morgan fingerprint density at radius 1 is 1.14 bits per heavy atom. The maximum Gasteiger partial charge on any atom is 0.244 e. The predicted molar refractivity (Wildman–Crippen MR) is 87.3 cm³/mol. The molecule has 2 N–H and O–H groups in total. The van der Waals surface area contributed by atoms with Gasteiger partial charge in [-0.05, 0) is 39.2 Å². The van der Waals surface area contributed by atoms with Gasteiger partial charge in [-0.2, -0.15) is 0 Å². The number of rotatable bonds is 7. The number of nitrogens with zero attached hydrogens (tertiary/aromatic N) is 2. The van der Waals surface area contributed by atoms with Gasteiger partial charge in [-0.1, -0.05) is 23.2 Å². The van der Waals surface area contributed by atoms with E-state index in [9.17, 15) is 8.42 Å². The highest BCUT2D eigenvalue weighted by Gasteiger charge is 2.25. The highest BCUT2D eigenvalue weighted by Crippen LogP contribution is 2.32. The number of hydrogen-bond acceptors (Lipinski definition) is 4. The van der Waals surface area contributed by atoms with Gasteiger partial charge < -0.3 is 10.6 Å². The Morgan fingerprint density at radius 2 is 1.76 bits per heavy atom. The van der Waals surface area contributed by atoms with Crippen LogP contribution in [0.1, 0.15) is 12.0 Å². The van der Waals surface area contributed by atoms with Crippen LogP contribution in [0.2, 0.25) is 10.0 Å². The molecule has 0 atom stereocenters. The van der Waals surface area contributed by atoms with E-state index in [1.165, 1.54) is 23.5 Å². The highest BCUT2D eigenvalue weighted by molar-refractivity contribution is 7.89. The van der Waals surface area contributed by atoms with Gasteiger partial charge in [-0.25, -0.2) is 12.7 Å². The molecule has 0 fully saturated rings. The Balaban J connectivity index is 3.03. The predicted octanol–water partition coefficient (Wildman–Crippen LogP) is 2.02. The molecule has 0 amide bonds. The number of hydrogen-bond donors (Lipinski definition) is 1. The van der Waals surface area contributed by atoms with Crippen molar-refractivity contribution in [2.45, 2.75) is 17.9 Å². The second kappa shape index (κ2) is 7.76. The Kier molecular flexibility index (Phi) is 6.90. The maximum atomic E-state index is 12.6. The van der Waals surface area contributed by atoms with Crippen LogP contribution in [0.25, 0.3) is 0 Å². The van der Waals surface area contributed by atoms with Crippen LogP contribution in [0, 0.1) is 0 Å². The first-order valence-electron chi connectivity index (χ1n) is 6.49. The van der Waals surface area contributed by atoms with E-state index in [0.717, 1.165) is 13.0 Å². The Morgan fingerprint density at radius 3 is 2.29 bits per heavy atom. The number of nitrogens with two attached hydrogens (primary N) is 1. The third kappa shape index (κ3) is 4.55. The first-order valence-corrected chi connectivity index (χ1v) is 8.69. The van der Waals surface area contributed by atoms with E-state index in [-0.39, 0.29) is 16.5 Å². The Labute approximate surface area is 136 Å². The van der Waals surface area contributed by atoms with Gasteiger partial charge in [0.1, 0.15) is 4.90 Å².